The van der Waals surface area contributed by atoms with Crippen LogP contribution in [0.3, 0.4) is 0 Å². The third-order valence-electron chi connectivity index (χ3n) is 3.58. The molecule has 1 unspecified atom stereocenters. The van der Waals surface area contributed by atoms with E-state index >= 15 is 0 Å². The number of nitrogens with one attached hydrogen (secondary N) is 1. The molecule has 0 saturated heterocycles. The van der Waals surface area contributed by atoms with Crippen molar-refractivity contribution >= 4 is 0 Å². The molecule has 0 aromatic heterocycles. The van der Waals surface area contributed by atoms with Crippen molar-refractivity contribution in [2.75, 3.05) is 0 Å². The molecule has 0 amide bonds. The third kappa shape index (κ3) is 7.55. The van der Waals surface area contributed by atoms with Crippen LogP contribution in [0.5, 0.6) is 11.5 Å². The standard InChI is InChI=1S/C15H19NO3.C7H8/c1-15(2,18-14-10-8-13(17)9-11-14)19-16-12-6-4-3-5-7-12;1-7-5-3-2-4-6-7/h3-6,8-12,16-17H,7H2,1-2H3;2-6H,1H3. The molecule has 1 aliphatic carbocycles. The lowest BCUT2D eigenvalue weighted by Gasteiger charge is -2.28. The third-order valence-corrected chi connectivity index (χ3v) is 3.58. The van der Waals surface area contributed by atoms with E-state index in [9.17, 15) is 5.11 Å². The quantitative estimate of drug-likeness (QED) is 0.592. The average molecular weight is 353 g/mol. The molecule has 1 atom stereocenters. The van der Waals surface area contributed by atoms with E-state index in [0.717, 1.165) is 6.42 Å². The molecule has 138 valence electrons. The average Bonchev–Trinajstić information content (AvgIpc) is 2.64. The lowest BCUT2D eigenvalue weighted by molar-refractivity contribution is -0.203. The summed E-state index contributed by atoms with van der Waals surface area (Å²) in [6, 6.07) is 17.0. The van der Waals surface area contributed by atoms with E-state index in [0.29, 0.717) is 5.75 Å². The van der Waals surface area contributed by atoms with Crippen molar-refractivity contribution in [3.63, 3.8) is 0 Å². The van der Waals surface area contributed by atoms with Gasteiger partial charge < -0.3 is 9.84 Å². The lowest BCUT2D eigenvalue weighted by Crippen LogP contribution is -2.41. The maximum absolute atomic E-state index is 9.22. The van der Waals surface area contributed by atoms with Crippen LogP contribution in [0.2, 0.25) is 0 Å². The van der Waals surface area contributed by atoms with Crippen LogP contribution < -0.4 is 10.2 Å². The molecule has 0 fully saturated rings. The van der Waals surface area contributed by atoms with E-state index in [1.807, 2.05) is 50.3 Å². The number of hydrogen-bond donors (Lipinski definition) is 2. The van der Waals surface area contributed by atoms with Gasteiger partial charge in [0.25, 0.3) is 0 Å². The van der Waals surface area contributed by atoms with Gasteiger partial charge in [-0.05, 0) is 37.6 Å². The highest BCUT2D eigenvalue weighted by molar-refractivity contribution is 5.30. The predicted molar refractivity (Wildman–Crippen MR) is 105 cm³/mol. The molecule has 2 aromatic rings. The summed E-state index contributed by atoms with van der Waals surface area (Å²) < 4.78 is 5.71. The highest BCUT2D eigenvalue weighted by atomic mass is 16.8. The van der Waals surface area contributed by atoms with E-state index in [1.54, 1.807) is 24.3 Å². The number of allylic oxidation sites excluding steroid dienone is 2. The number of hydroxylamine groups is 1. The molecule has 0 bridgehead atoms. The minimum atomic E-state index is -0.800. The Kier molecular flexibility index (Phi) is 7.45. The Balaban J connectivity index is 0.000000290. The first kappa shape index (κ1) is 19.8. The minimum Gasteiger partial charge on any atom is -0.508 e. The fraction of sp³-hybridized carbons (Fsp3) is 0.273. The highest BCUT2D eigenvalue weighted by Gasteiger charge is 2.22. The van der Waals surface area contributed by atoms with E-state index in [2.05, 4.69) is 30.6 Å². The highest BCUT2D eigenvalue weighted by Crippen LogP contribution is 2.21. The Hall–Kier alpha value is -2.56. The van der Waals surface area contributed by atoms with Crippen molar-refractivity contribution in [2.24, 2.45) is 0 Å². The zero-order chi connectivity index (χ0) is 18.8. The summed E-state index contributed by atoms with van der Waals surface area (Å²) in [5, 5.41) is 9.22. The van der Waals surface area contributed by atoms with E-state index in [4.69, 9.17) is 9.57 Å². The number of aryl methyl sites for hydroxylation is 1. The maximum Gasteiger partial charge on any atom is 0.222 e. The van der Waals surface area contributed by atoms with Gasteiger partial charge in [-0.15, -0.1) is 0 Å². The van der Waals surface area contributed by atoms with Gasteiger partial charge in [0.15, 0.2) is 0 Å². The Bertz CT molecular complexity index is 706. The SMILES string of the molecule is CC(C)(ONC1C=CC=CC1)Oc1ccc(O)cc1.Cc1ccccc1. The molecule has 4 heteroatoms. The van der Waals surface area contributed by atoms with E-state index < -0.39 is 5.79 Å². The molecule has 0 aliphatic heterocycles. The van der Waals surface area contributed by atoms with Crippen LogP contribution in [0.1, 0.15) is 25.8 Å². The van der Waals surface area contributed by atoms with Gasteiger partial charge in [0, 0.05) is 13.8 Å². The topological polar surface area (TPSA) is 50.7 Å². The Labute approximate surface area is 155 Å². The molecule has 0 saturated carbocycles. The van der Waals surface area contributed by atoms with Crippen molar-refractivity contribution in [1.29, 1.82) is 0 Å². The van der Waals surface area contributed by atoms with Crippen molar-refractivity contribution < 1.29 is 14.7 Å². The van der Waals surface area contributed by atoms with Crippen molar-refractivity contribution in [1.82, 2.24) is 5.48 Å². The van der Waals surface area contributed by atoms with Gasteiger partial charge in [-0.3, -0.25) is 4.84 Å². The van der Waals surface area contributed by atoms with Crippen LogP contribution >= 0.6 is 0 Å². The largest absolute Gasteiger partial charge is 0.508 e. The van der Waals surface area contributed by atoms with Gasteiger partial charge in [0.1, 0.15) is 11.5 Å². The summed E-state index contributed by atoms with van der Waals surface area (Å²) in [7, 11) is 0. The summed E-state index contributed by atoms with van der Waals surface area (Å²) >= 11 is 0. The molecule has 0 radical (unpaired) electrons. The van der Waals surface area contributed by atoms with Gasteiger partial charge >= 0.3 is 0 Å². The zero-order valence-corrected chi connectivity index (χ0v) is 15.6. The molecule has 4 nitrogen and oxygen atoms in total. The molecule has 0 heterocycles. The van der Waals surface area contributed by atoms with Crippen LogP contribution in [-0.4, -0.2) is 16.9 Å². The Morgan fingerprint density at radius 1 is 1.00 bits per heavy atom. The van der Waals surface area contributed by atoms with Crippen molar-refractivity contribution in [3.8, 4) is 11.5 Å². The number of benzene rings is 2. The molecular formula is C22H27NO3. The van der Waals surface area contributed by atoms with Gasteiger partial charge in [-0.25, -0.2) is 0 Å². The Morgan fingerprint density at radius 2 is 1.69 bits per heavy atom. The number of hydrogen-bond acceptors (Lipinski definition) is 4. The minimum absolute atomic E-state index is 0.160. The first-order valence-corrected chi connectivity index (χ1v) is 8.71. The summed E-state index contributed by atoms with van der Waals surface area (Å²) in [5.74, 6) is 0.0541. The molecule has 1 aliphatic rings. The predicted octanol–water partition coefficient (Wildman–Crippen LogP) is 4.91. The molecule has 2 N–H and O–H groups in total. The second-order valence-electron chi connectivity index (χ2n) is 6.53. The van der Waals surface area contributed by atoms with Gasteiger partial charge in [0.2, 0.25) is 5.79 Å². The molecule has 26 heavy (non-hydrogen) atoms. The molecule has 0 spiro atoms. The normalized spacial score (nSPS) is 15.9. The van der Waals surface area contributed by atoms with Crippen LogP contribution in [0.25, 0.3) is 0 Å². The van der Waals surface area contributed by atoms with Gasteiger partial charge in [-0.1, -0.05) is 60.2 Å². The monoisotopic (exact) mass is 353 g/mol. The molecule has 2 aromatic carbocycles. The number of aromatic hydroxyl groups is 1. The summed E-state index contributed by atoms with van der Waals surface area (Å²) in [6.45, 7) is 5.74. The number of ether oxygens (including phenoxy) is 1. The van der Waals surface area contributed by atoms with E-state index in [-0.39, 0.29) is 11.8 Å². The lowest BCUT2D eigenvalue weighted by atomic mass is 10.1. The number of rotatable bonds is 5. The maximum atomic E-state index is 9.22. The first-order valence-electron chi connectivity index (χ1n) is 8.71. The van der Waals surface area contributed by atoms with Gasteiger partial charge in [0.05, 0.1) is 6.04 Å². The van der Waals surface area contributed by atoms with Crippen LogP contribution in [0.15, 0.2) is 78.9 Å². The van der Waals surface area contributed by atoms with E-state index in [1.165, 1.54) is 5.56 Å². The molecule has 3 rings (SSSR count). The van der Waals surface area contributed by atoms with Crippen LogP contribution in [0.4, 0.5) is 0 Å². The van der Waals surface area contributed by atoms with Crippen molar-refractivity contribution in [2.45, 2.75) is 39.0 Å². The summed E-state index contributed by atoms with van der Waals surface area (Å²) in [6.07, 6.45) is 9.01. The smallest absolute Gasteiger partial charge is 0.222 e. The second-order valence-corrected chi connectivity index (χ2v) is 6.53. The summed E-state index contributed by atoms with van der Waals surface area (Å²) in [4.78, 5) is 5.58. The fourth-order valence-corrected chi connectivity index (χ4v) is 2.24. The fourth-order valence-electron chi connectivity index (χ4n) is 2.24. The van der Waals surface area contributed by atoms with Crippen molar-refractivity contribution in [3.05, 3.63) is 84.5 Å². The molecular weight excluding hydrogens is 326 g/mol. The van der Waals surface area contributed by atoms with Crippen LogP contribution in [0, 0.1) is 6.92 Å². The van der Waals surface area contributed by atoms with Gasteiger partial charge in [-0.2, -0.15) is 5.48 Å². The summed E-state index contributed by atoms with van der Waals surface area (Å²) in [5.41, 5.74) is 4.30. The number of phenolic OH excluding ortho intramolecular Hbond substituents is 1. The number of phenols is 1. The first-order chi connectivity index (χ1) is 12.4. The Morgan fingerprint density at radius 3 is 2.23 bits per heavy atom. The second kappa shape index (κ2) is 9.80. The van der Waals surface area contributed by atoms with Crippen LogP contribution in [-0.2, 0) is 4.84 Å². The zero-order valence-electron chi connectivity index (χ0n) is 15.6.